The number of hydrogen-bond donors (Lipinski definition) is 0. The molecule has 0 saturated heterocycles. The van der Waals surface area contributed by atoms with Crippen LogP contribution in [0.2, 0.25) is 0 Å². The third kappa shape index (κ3) is 10.1. The van der Waals surface area contributed by atoms with Crippen molar-refractivity contribution < 1.29 is 0 Å². The molecule has 20 aromatic carbocycles. The molecule has 26 rings (SSSR count). The quantitative estimate of drug-likeness (QED) is 0.124. The van der Waals surface area contributed by atoms with Gasteiger partial charge in [0.15, 0.2) is 0 Å². The van der Waals surface area contributed by atoms with E-state index in [1.807, 2.05) is 0 Å². The van der Waals surface area contributed by atoms with Gasteiger partial charge in [0.25, 0.3) is 0 Å². The highest BCUT2D eigenvalue weighted by atomic mass is 15.0. The first-order chi connectivity index (χ1) is 60.5. The van der Waals surface area contributed by atoms with Crippen molar-refractivity contribution in [3.8, 4) is 89.8 Å². The Balaban J connectivity index is 0.719. The molecule has 0 aliphatic rings. The molecule has 6 aromatic heterocycles. The van der Waals surface area contributed by atoms with Gasteiger partial charge in [-0.1, -0.05) is 291 Å². The lowest BCUT2D eigenvalue weighted by Gasteiger charge is -2.16. The molecule has 0 N–H and O–H groups in total. The van der Waals surface area contributed by atoms with Crippen LogP contribution >= 0.6 is 0 Å². The predicted octanol–water partition coefficient (Wildman–Crippen LogP) is 30.9. The van der Waals surface area contributed by atoms with Gasteiger partial charge in [0, 0.05) is 110 Å². The van der Waals surface area contributed by atoms with Crippen LogP contribution in [0, 0.1) is 0 Å². The Hall–Kier alpha value is -16.3. The summed E-state index contributed by atoms with van der Waals surface area (Å²) < 4.78 is 15.0. The first kappa shape index (κ1) is 67.8. The van der Waals surface area contributed by atoms with Crippen LogP contribution in [0.15, 0.2) is 437 Å². The fourth-order valence-corrected chi connectivity index (χ4v) is 20.8. The van der Waals surface area contributed by atoms with Gasteiger partial charge in [0.1, 0.15) is 0 Å². The summed E-state index contributed by atoms with van der Waals surface area (Å²) in [6, 6.07) is 163. The first-order valence-electron chi connectivity index (χ1n) is 42.1. The van der Waals surface area contributed by atoms with E-state index in [-0.39, 0.29) is 0 Å². The molecule has 0 aliphatic carbocycles. The lowest BCUT2D eigenvalue weighted by Crippen LogP contribution is -1.98. The topological polar surface area (TPSA) is 29.6 Å². The van der Waals surface area contributed by atoms with Gasteiger partial charge in [-0.05, 0) is 212 Å². The minimum absolute atomic E-state index is 1.08. The second kappa shape index (κ2) is 26.6. The van der Waals surface area contributed by atoms with Gasteiger partial charge < -0.3 is 27.4 Å². The van der Waals surface area contributed by atoms with Crippen LogP contribution in [0.1, 0.15) is 0 Å². The van der Waals surface area contributed by atoms with Gasteiger partial charge in [-0.2, -0.15) is 0 Å². The lowest BCUT2D eigenvalue weighted by atomic mass is 9.92. The van der Waals surface area contributed by atoms with Crippen LogP contribution in [-0.4, -0.2) is 27.4 Å². The molecule has 0 saturated carbocycles. The van der Waals surface area contributed by atoms with Crippen LogP contribution in [0.25, 0.3) is 242 Å². The van der Waals surface area contributed by atoms with Gasteiger partial charge in [-0.15, -0.1) is 0 Å². The van der Waals surface area contributed by atoms with E-state index in [1.54, 1.807) is 0 Å². The Kier molecular flexibility index (Phi) is 14.8. The summed E-state index contributed by atoms with van der Waals surface area (Å²) >= 11 is 0. The SMILES string of the molecule is c1ccc(-c2ccc(-n3c4ccccc4c4cc(-c5c6ccccc6cc6c7c(-c8ccc9c(c8)c8ccc(-c%10c%11ccccc%11cc%11c%12ccccc%12n(-c%12ccc%13c%14ccccc%14n(-c%14ccccc%14)c%13c%12)c%10%11)cc8n9-c8ccc(-c9ccccc9)cc8)cccc7n(-c7ccc8c9ccccc9n(-c9ccccc9)c8c7)c56)ccc43)cc2)cc1. The van der Waals surface area contributed by atoms with Crippen LogP contribution in [0.4, 0.5) is 0 Å². The molecule has 0 bridgehead atoms. The number of rotatable bonds is 11. The lowest BCUT2D eigenvalue weighted by molar-refractivity contribution is 1.15. The molecular weight excluding hydrogens is 1480 g/mol. The Morgan fingerprint density at radius 2 is 0.434 bits per heavy atom. The molecule has 0 spiro atoms. The van der Waals surface area contributed by atoms with E-state index in [2.05, 4.69) is 464 Å². The first-order valence-corrected chi connectivity index (χ1v) is 42.1. The summed E-state index contributed by atoms with van der Waals surface area (Å²) in [4.78, 5) is 0. The molecule has 0 amide bonds. The molecule has 0 radical (unpaired) electrons. The van der Waals surface area contributed by atoms with E-state index in [4.69, 9.17) is 0 Å². The van der Waals surface area contributed by atoms with Crippen LogP contribution < -0.4 is 0 Å². The van der Waals surface area contributed by atoms with Crippen molar-refractivity contribution in [2.45, 2.75) is 0 Å². The number of aromatic nitrogens is 6. The van der Waals surface area contributed by atoms with Crippen molar-refractivity contribution >= 4 is 152 Å². The van der Waals surface area contributed by atoms with E-state index >= 15 is 0 Å². The van der Waals surface area contributed by atoms with Crippen molar-refractivity contribution in [3.05, 3.63) is 437 Å². The summed E-state index contributed by atoms with van der Waals surface area (Å²) in [5, 5.41) is 19.1. The van der Waals surface area contributed by atoms with Gasteiger partial charge in [0.2, 0.25) is 0 Å². The molecule has 6 nitrogen and oxygen atoms in total. The standard InChI is InChI=1S/C116H72N6/c1-5-26-73(27-6-1)75-48-55-84(56-49-75)117-104-45-23-19-40-93(104)99-69-80(54-65-106(99)117)112-89-37-16-14-31-78(89)68-101-114-90(42-25-47-108(114)122(116(101)112)87-60-63-96-92-39-18-22-44-103(92)119(111(96)72-87)83-34-11-4-12-35-83)79-53-64-107-98(66-79)97-61-52-81(70-109(97)120(107)85-57-50-76(51-58-85)74-28-7-2-8-29-74)113-88-36-15-13-30-77(88)67-100-94-41-20-24-46-105(94)121(115(100)113)86-59-62-95-91-38-17-21-43-102(91)118(110(95)71-86)82-32-9-3-10-33-82/h1-72H. The fraction of sp³-hybridized carbons (Fsp3) is 0. The molecule has 122 heavy (non-hydrogen) atoms. The molecule has 566 valence electrons. The molecule has 0 fully saturated rings. The van der Waals surface area contributed by atoms with Gasteiger partial charge in [0.05, 0.1) is 66.2 Å². The van der Waals surface area contributed by atoms with Crippen molar-refractivity contribution in [3.63, 3.8) is 0 Å². The highest BCUT2D eigenvalue weighted by Gasteiger charge is 2.28. The molecule has 0 unspecified atom stereocenters. The zero-order valence-electron chi connectivity index (χ0n) is 66.3. The average Bonchev–Trinajstić information content (AvgIpc) is 1.54. The number of para-hydroxylation sites is 6. The Morgan fingerprint density at radius 3 is 0.951 bits per heavy atom. The predicted molar refractivity (Wildman–Crippen MR) is 515 cm³/mol. The maximum absolute atomic E-state index is 2.60. The molecule has 6 heteroatoms. The summed E-state index contributed by atoms with van der Waals surface area (Å²) in [7, 11) is 0. The van der Waals surface area contributed by atoms with Crippen LogP contribution in [-0.2, 0) is 0 Å². The van der Waals surface area contributed by atoms with E-state index in [1.165, 1.54) is 136 Å². The molecule has 0 atom stereocenters. The van der Waals surface area contributed by atoms with E-state index in [0.717, 1.165) is 106 Å². The Morgan fingerprint density at radius 1 is 0.131 bits per heavy atom. The molecular formula is C116H72N6. The molecule has 6 heterocycles. The summed E-state index contributed by atoms with van der Waals surface area (Å²) in [6.45, 7) is 0. The van der Waals surface area contributed by atoms with Crippen molar-refractivity contribution in [1.82, 2.24) is 27.4 Å². The summed E-state index contributed by atoms with van der Waals surface area (Å²) in [5.41, 5.74) is 32.1. The fourth-order valence-electron chi connectivity index (χ4n) is 20.8. The zero-order valence-corrected chi connectivity index (χ0v) is 66.3. The molecule has 26 aromatic rings. The average molecular weight is 1550 g/mol. The number of hydrogen-bond acceptors (Lipinski definition) is 0. The monoisotopic (exact) mass is 1550 g/mol. The largest absolute Gasteiger partial charge is 0.309 e. The zero-order chi connectivity index (χ0) is 79.8. The number of benzene rings is 20. The second-order valence-corrected chi connectivity index (χ2v) is 32.6. The highest BCUT2D eigenvalue weighted by molar-refractivity contribution is 6.27. The van der Waals surface area contributed by atoms with E-state index in [0.29, 0.717) is 0 Å². The molecule has 0 aliphatic heterocycles. The summed E-state index contributed by atoms with van der Waals surface area (Å²) in [6.07, 6.45) is 0. The highest BCUT2D eigenvalue weighted by Crippen LogP contribution is 2.51. The van der Waals surface area contributed by atoms with Crippen molar-refractivity contribution in [2.24, 2.45) is 0 Å². The van der Waals surface area contributed by atoms with Crippen molar-refractivity contribution in [1.29, 1.82) is 0 Å². The maximum Gasteiger partial charge on any atom is 0.0626 e. The third-order valence-electron chi connectivity index (χ3n) is 26.1. The number of fused-ring (bicyclic) bond motifs is 20. The second-order valence-electron chi connectivity index (χ2n) is 32.6. The Bertz CT molecular complexity index is 8840. The summed E-state index contributed by atoms with van der Waals surface area (Å²) in [5.74, 6) is 0. The van der Waals surface area contributed by atoms with Crippen LogP contribution in [0.3, 0.4) is 0 Å². The van der Waals surface area contributed by atoms with Gasteiger partial charge in [-0.25, -0.2) is 0 Å². The van der Waals surface area contributed by atoms with E-state index < -0.39 is 0 Å². The minimum atomic E-state index is 1.08. The van der Waals surface area contributed by atoms with Gasteiger partial charge in [-0.3, -0.25) is 0 Å². The van der Waals surface area contributed by atoms with E-state index in [9.17, 15) is 0 Å². The normalized spacial score (nSPS) is 12.1. The van der Waals surface area contributed by atoms with Crippen molar-refractivity contribution in [2.75, 3.05) is 0 Å². The smallest absolute Gasteiger partial charge is 0.0626 e. The number of nitrogens with zero attached hydrogens (tertiary/aromatic N) is 6. The van der Waals surface area contributed by atoms with Gasteiger partial charge >= 0.3 is 0 Å². The maximum atomic E-state index is 2.60. The third-order valence-corrected chi connectivity index (χ3v) is 26.1. The minimum Gasteiger partial charge on any atom is -0.309 e. The Labute approximate surface area is 701 Å². The van der Waals surface area contributed by atoms with Crippen LogP contribution in [0.5, 0.6) is 0 Å².